The molecule has 2 aromatic heterocycles. The summed E-state index contributed by atoms with van der Waals surface area (Å²) in [5, 5.41) is 22.2. The van der Waals surface area contributed by atoms with Crippen LogP contribution in [0.25, 0.3) is 16.7 Å². The van der Waals surface area contributed by atoms with Crippen molar-refractivity contribution in [1.82, 2.24) is 23.9 Å². The molecule has 0 unspecified atom stereocenters. The Morgan fingerprint density at radius 3 is 2.47 bits per heavy atom. The number of morpholine rings is 1. The topological polar surface area (TPSA) is 130 Å². The predicted octanol–water partition coefficient (Wildman–Crippen LogP) is 4.91. The number of carboxylic acid groups (broad SMARTS) is 1. The fraction of sp³-hybridized carbons (Fsp3) is 0.375. The van der Waals surface area contributed by atoms with Gasteiger partial charge in [0.1, 0.15) is 11.5 Å². The summed E-state index contributed by atoms with van der Waals surface area (Å²) in [5.74, 6) is -0.114. The Kier molecular flexibility index (Phi) is 8.38. The van der Waals surface area contributed by atoms with Gasteiger partial charge in [-0.1, -0.05) is 35.3 Å². The molecular weight excluding hydrogens is 621 g/mol. The lowest BCUT2D eigenvalue weighted by atomic mass is 9.90. The van der Waals surface area contributed by atoms with Gasteiger partial charge in [0.05, 0.1) is 42.8 Å². The number of fused-ring (bicyclic) bond motifs is 1. The number of ether oxygens (including phenoxy) is 1. The highest BCUT2D eigenvalue weighted by Crippen LogP contribution is 2.30. The standard InChI is InChI=1S/C32H33Cl2N5O6/c1-19-13-22(33)5-8-24(19)29(40)36-11-9-32(44,10-12-36)17-37-18-35-28-25(30(37)41)14-27(34)39(28)23-6-3-21(4-7-23)26-16-45-20(2)15-38(26)31(42)43/h3-8,13-14,18,20,26,44H,9-12,15-17H2,1-2H3,(H,42,43)/t20-,26-/m0/s1. The van der Waals surface area contributed by atoms with Crippen LogP contribution in [0.2, 0.25) is 10.2 Å². The van der Waals surface area contributed by atoms with Gasteiger partial charge in [0.25, 0.3) is 11.5 Å². The third-order valence-corrected chi connectivity index (χ3v) is 9.27. The van der Waals surface area contributed by atoms with E-state index in [9.17, 15) is 24.6 Å². The molecule has 0 radical (unpaired) electrons. The Bertz CT molecular complexity index is 1830. The number of hydrogen-bond acceptors (Lipinski definition) is 6. The lowest BCUT2D eigenvalue weighted by Gasteiger charge is -2.38. The second-order valence-corrected chi connectivity index (χ2v) is 12.7. The maximum atomic E-state index is 13.5. The Hall–Kier alpha value is -3.90. The fourth-order valence-electron chi connectivity index (χ4n) is 6.22. The quantitative estimate of drug-likeness (QED) is 0.313. The van der Waals surface area contributed by atoms with Crippen molar-refractivity contribution >= 4 is 46.2 Å². The minimum Gasteiger partial charge on any atom is -0.465 e. The Morgan fingerprint density at radius 2 is 1.80 bits per heavy atom. The van der Waals surface area contributed by atoms with Crippen LogP contribution < -0.4 is 5.56 Å². The van der Waals surface area contributed by atoms with Crippen molar-refractivity contribution < 1.29 is 24.5 Å². The first-order valence-electron chi connectivity index (χ1n) is 14.7. The SMILES string of the molecule is Cc1cc(Cl)ccc1C(=O)N1CCC(O)(Cn2cnc3c(cc(Cl)n3-c3ccc([C@@H]4CO[C@@H](C)CN4C(=O)O)cc3)c2=O)CC1. The lowest BCUT2D eigenvalue weighted by Crippen LogP contribution is -2.49. The molecule has 4 heterocycles. The van der Waals surface area contributed by atoms with Crippen LogP contribution in [0.15, 0.2) is 59.7 Å². The van der Waals surface area contributed by atoms with Crippen molar-refractivity contribution in [1.29, 1.82) is 0 Å². The van der Waals surface area contributed by atoms with Crippen LogP contribution in [0, 0.1) is 6.92 Å². The van der Waals surface area contributed by atoms with Gasteiger partial charge in [-0.25, -0.2) is 9.78 Å². The third-order valence-electron chi connectivity index (χ3n) is 8.76. The van der Waals surface area contributed by atoms with Crippen molar-refractivity contribution in [3.05, 3.63) is 92.1 Å². The van der Waals surface area contributed by atoms with Gasteiger partial charge in [-0.15, -0.1) is 0 Å². The first-order valence-corrected chi connectivity index (χ1v) is 15.5. The molecule has 2 amide bonds. The maximum Gasteiger partial charge on any atom is 0.407 e. The molecule has 2 saturated heterocycles. The smallest absolute Gasteiger partial charge is 0.407 e. The van der Waals surface area contributed by atoms with Crippen molar-refractivity contribution in [3.63, 3.8) is 0 Å². The van der Waals surface area contributed by atoms with Crippen LogP contribution in [-0.4, -0.2) is 84.1 Å². The summed E-state index contributed by atoms with van der Waals surface area (Å²) in [6.45, 7) is 4.92. The molecule has 45 heavy (non-hydrogen) atoms. The zero-order valence-electron chi connectivity index (χ0n) is 24.8. The fourth-order valence-corrected chi connectivity index (χ4v) is 6.73. The summed E-state index contributed by atoms with van der Waals surface area (Å²) in [6, 6.07) is 13.5. The van der Waals surface area contributed by atoms with Gasteiger partial charge in [0, 0.05) is 29.4 Å². The minimum absolute atomic E-state index is 0.0242. The van der Waals surface area contributed by atoms with E-state index in [1.807, 2.05) is 26.0 Å². The highest BCUT2D eigenvalue weighted by molar-refractivity contribution is 6.31. The number of carbonyl (C=O) groups is 2. The number of amides is 2. The van der Waals surface area contributed by atoms with Gasteiger partial charge in [-0.2, -0.15) is 0 Å². The molecule has 0 saturated carbocycles. The number of halogens is 2. The summed E-state index contributed by atoms with van der Waals surface area (Å²) in [7, 11) is 0. The first-order chi connectivity index (χ1) is 21.4. The van der Waals surface area contributed by atoms with Gasteiger partial charge in [-0.05, 0) is 74.2 Å². The van der Waals surface area contributed by atoms with Crippen LogP contribution in [0.5, 0.6) is 0 Å². The first kappa shape index (κ1) is 31.1. The molecule has 6 rings (SSSR count). The molecule has 2 aromatic carbocycles. The number of benzene rings is 2. The lowest BCUT2D eigenvalue weighted by molar-refractivity contribution is -0.0465. The average Bonchev–Trinajstić information content (AvgIpc) is 3.35. The van der Waals surface area contributed by atoms with Crippen LogP contribution in [0.3, 0.4) is 0 Å². The average molecular weight is 655 g/mol. The maximum absolute atomic E-state index is 13.5. The molecule has 2 aliphatic rings. The molecule has 236 valence electrons. The van der Waals surface area contributed by atoms with Crippen LogP contribution in [-0.2, 0) is 11.3 Å². The molecule has 2 fully saturated rings. The Balaban J connectivity index is 1.19. The number of piperidine rings is 1. The van der Waals surface area contributed by atoms with Crippen LogP contribution in [0.4, 0.5) is 4.79 Å². The van der Waals surface area contributed by atoms with Crippen molar-refractivity contribution in [2.45, 2.75) is 51.0 Å². The van der Waals surface area contributed by atoms with Gasteiger partial charge in [0.2, 0.25) is 0 Å². The normalized spacial score (nSPS) is 20.0. The number of carbonyl (C=O) groups excluding carboxylic acids is 1. The monoisotopic (exact) mass is 653 g/mol. The number of aliphatic hydroxyl groups is 1. The van der Waals surface area contributed by atoms with Crippen molar-refractivity contribution in [3.8, 4) is 5.69 Å². The van der Waals surface area contributed by atoms with E-state index in [-0.39, 0.29) is 42.4 Å². The Labute approximate surface area is 269 Å². The zero-order chi connectivity index (χ0) is 32.0. The number of rotatable bonds is 5. The summed E-state index contributed by atoms with van der Waals surface area (Å²) in [6.07, 6.45) is 0.821. The molecule has 0 bridgehead atoms. The number of aromatic nitrogens is 3. The molecule has 0 spiro atoms. The molecule has 13 heteroatoms. The number of likely N-dealkylation sites (tertiary alicyclic amines) is 1. The van der Waals surface area contributed by atoms with E-state index < -0.39 is 17.7 Å². The second kappa shape index (κ2) is 12.1. The van der Waals surface area contributed by atoms with E-state index >= 15 is 0 Å². The minimum atomic E-state index is -1.20. The highest BCUT2D eigenvalue weighted by atomic mass is 35.5. The van der Waals surface area contributed by atoms with E-state index in [2.05, 4.69) is 4.98 Å². The van der Waals surface area contributed by atoms with Gasteiger partial charge in [-0.3, -0.25) is 23.6 Å². The Morgan fingerprint density at radius 1 is 1.09 bits per heavy atom. The second-order valence-electron chi connectivity index (χ2n) is 11.9. The summed E-state index contributed by atoms with van der Waals surface area (Å²) < 4.78 is 8.75. The van der Waals surface area contributed by atoms with E-state index in [4.69, 9.17) is 27.9 Å². The number of hydrogen-bond donors (Lipinski definition) is 2. The van der Waals surface area contributed by atoms with Crippen molar-refractivity contribution in [2.75, 3.05) is 26.2 Å². The zero-order valence-corrected chi connectivity index (χ0v) is 26.3. The summed E-state index contributed by atoms with van der Waals surface area (Å²) in [5.41, 5.74) is 1.62. The van der Waals surface area contributed by atoms with E-state index in [0.29, 0.717) is 53.2 Å². The molecule has 2 aliphatic heterocycles. The number of nitrogens with zero attached hydrogens (tertiary/aromatic N) is 5. The molecule has 0 aliphatic carbocycles. The van der Waals surface area contributed by atoms with Crippen LogP contribution in [0.1, 0.15) is 47.3 Å². The molecule has 2 N–H and O–H groups in total. The molecule has 4 aromatic rings. The summed E-state index contributed by atoms with van der Waals surface area (Å²) >= 11 is 12.6. The molecular formula is C32H33Cl2N5O6. The van der Waals surface area contributed by atoms with E-state index in [0.717, 1.165) is 11.1 Å². The van der Waals surface area contributed by atoms with Crippen molar-refractivity contribution in [2.24, 2.45) is 0 Å². The van der Waals surface area contributed by atoms with Gasteiger partial charge in [0.15, 0.2) is 5.65 Å². The van der Waals surface area contributed by atoms with Crippen LogP contribution >= 0.6 is 23.2 Å². The molecule has 11 nitrogen and oxygen atoms in total. The van der Waals surface area contributed by atoms with Gasteiger partial charge >= 0.3 is 6.09 Å². The third kappa shape index (κ3) is 6.05. The predicted molar refractivity (Wildman–Crippen MR) is 170 cm³/mol. The summed E-state index contributed by atoms with van der Waals surface area (Å²) in [4.78, 5) is 46.1. The molecule has 2 atom stereocenters. The number of aryl methyl sites for hydroxylation is 1. The highest BCUT2D eigenvalue weighted by Gasteiger charge is 2.36. The van der Waals surface area contributed by atoms with E-state index in [1.54, 1.807) is 45.9 Å². The van der Waals surface area contributed by atoms with Gasteiger partial charge < -0.3 is 19.8 Å². The van der Waals surface area contributed by atoms with E-state index in [1.165, 1.54) is 15.8 Å². The largest absolute Gasteiger partial charge is 0.465 e.